The van der Waals surface area contributed by atoms with Crippen LogP contribution in [-0.4, -0.2) is 95.2 Å². The van der Waals surface area contributed by atoms with Crippen molar-refractivity contribution >= 4 is 48.6 Å². The molecule has 2 aromatic heterocycles. The summed E-state index contributed by atoms with van der Waals surface area (Å²) in [5.41, 5.74) is 2.12. The van der Waals surface area contributed by atoms with Crippen LogP contribution >= 0.6 is 11.8 Å². The third-order valence-corrected chi connectivity index (χ3v) is 10.1. The normalized spacial score (nSPS) is 20.0. The summed E-state index contributed by atoms with van der Waals surface area (Å²) in [7, 11) is -1.21. The molecule has 14 heteroatoms. The monoisotopic (exact) mass is 615 g/mol. The number of halogens is 3. The van der Waals surface area contributed by atoms with Crippen molar-refractivity contribution < 1.29 is 32.6 Å². The molecule has 41 heavy (non-hydrogen) atoms. The Morgan fingerprint density at radius 1 is 1.24 bits per heavy atom. The number of ether oxygens (including phenoxy) is 1. The number of carbonyl (C=O) groups is 2. The molecular weight excluding hydrogens is 575 g/mol. The van der Waals surface area contributed by atoms with Crippen LogP contribution in [-0.2, 0) is 11.5 Å². The number of alkyl halides is 3. The smallest absolute Gasteiger partial charge is 0.407 e. The first-order valence-corrected chi connectivity index (χ1v) is 19.0. The fourth-order valence-corrected chi connectivity index (χ4v) is 6.92. The Balaban J connectivity index is 1.54. The number of pyridine rings is 1. The van der Waals surface area contributed by atoms with Crippen molar-refractivity contribution in [2.75, 3.05) is 43.4 Å². The summed E-state index contributed by atoms with van der Waals surface area (Å²) in [6.07, 6.45) is 1.98. The van der Waals surface area contributed by atoms with E-state index < -0.39 is 26.9 Å². The van der Waals surface area contributed by atoms with Gasteiger partial charge in [0.1, 0.15) is 18.9 Å². The van der Waals surface area contributed by atoms with Crippen molar-refractivity contribution in [1.29, 1.82) is 0 Å². The minimum absolute atomic E-state index is 0.0605. The third kappa shape index (κ3) is 7.89. The molecule has 2 aliphatic rings. The van der Waals surface area contributed by atoms with Crippen LogP contribution < -0.4 is 4.90 Å². The molecule has 2 aromatic rings. The first-order chi connectivity index (χ1) is 19.3. The molecule has 0 aromatic carbocycles. The van der Waals surface area contributed by atoms with E-state index in [1.807, 2.05) is 23.1 Å². The van der Waals surface area contributed by atoms with Gasteiger partial charge in [0.25, 0.3) is 5.91 Å². The summed E-state index contributed by atoms with van der Waals surface area (Å²) in [5, 5.41) is 10.2. The molecule has 3 heterocycles. The maximum Gasteiger partial charge on any atom is 0.407 e. The molecule has 0 bridgehead atoms. The van der Waals surface area contributed by atoms with Gasteiger partial charge in [0.2, 0.25) is 0 Å². The van der Waals surface area contributed by atoms with Gasteiger partial charge in [-0.3, -0.25) is 9.69 Å². The van der Waals surface area contributed by atoms with Gasteiger partial charge in [-0.2, -0.15) is 13.2 Å². The van der Waals surface area contributed by atoms with E-state index in [1.165, 1.54) is 0 Å². The lowest BCUT2D eigenvalue weighted by atomic mass is 9.84. The van der Waals surface area contributed by atoms with Gasteiger partial charge in [-0.25, -0.2) is 9.78 Å². The predicted molar refractivity (Wildman–Crippen MR) is 157 cm³/mol. The highest BCUT2D eigenvalue weighted by Gasteiger charge is 2.38. The van der Waals surface area contributed by atoms with Crippen LogP contribution in [0.2, 0.25) is 25.7 Å². The van der Waals surface area contributed by atoms with Gasteiger partial charge in [-0.1, -0.05) is 19.6 Å². The van der Waals surface area contributed by atoms with E-state index in [4.69, 9.17) is 4.74 Å². The summed E-state index contributed by atoms with van der Waals surface area (Å²) >= 11 is 1.56. The Morgan fingerprint density at radius 2 is 1.95 bits per heavy atom. The maximum atomic E-state index is 13.4. The molecule has 0 unspecified atom stereocenters. The Morgan fingerprint density at radius 3 is 2.56 bits per heavy atom. The zero-order chi connectivity index (χ0) is 29.9. The molecule has 0 radical (unpaired) electrons. The Labute approximate surface area is 244 Å². The van der Waals surface area contributed by atoms with Crippen LogP contribution in [0.3, 0.4) is 0 Å². The summed E-state index contributed by atoms with van der Waals surface area (Å²) in [6.45, 7) is 6.78. The van der Waals surface area contributed by atoms with Crippen LogP contribution in [0.25, 0.3) is 11.0 Å². The number of thioether (sulfide) groups is 1. The van der Waals surface area contributed by atoms with E-state index in [0.717, 1.165) is 22.8 Å². The lowest BCUT2D eigenvalue weighted by Gasteiger charge is -2.45. The van der Waals surface area contributed by atoms with Crippen molar-refractivity contribution in [2.24, 2.45) is 5.92 Å². The molecule has 4 rings (SSSR count). The number of carboxylic acid groups (broad SMARTS) is 1. The van der Waals surface area contributed by atoms with E-state index in [9.17, 15) is 27.9 Å². The van der Waals surface area contributed by atoms with Crippen molar-refractivity contribution in [2.45, 2.75) is 70.3 Å². The number of hydrogen-bond donors (Lipinski definition) is 1. The van der Waals surface area contributed by atoms with Crippen LogP contribution in [0.15, 0.2) is 18.5 Å². The average molecular weight is 616 g/mol. The Bertz CT molecular complexity index is 1230. The number of anilines is 1. The summed E-state index contributed by atoms with van der Waals surface area (Å²) in [4.78, 5) is 34.0. The molecule has 228 valence electrons. The van der Waals surface area contributed by atoms with Crippen LogP contribution in [0.1, 0.15) is 36.0 Å². The van der Waals surface area contributed by atoms with Gasteiger partial charge in [0, 0.05) is 45.0 Å². The highest BCUT2D eigenvalue weighted by molar-refractivity contribution is 7.98. The second kappa shape index (κ2) is 12.8. The first kappa shape index (κ1) is 31.5. The number of nitrogens with zero attached hydrogens (tertiary/aromatic N) is 5. The maximum absolute atomic E-state index is 13.4. The van der Waals surface area contributed by atoms with Gasteiger partial charge in [-0.15, -0.1) is 11.8 Å². The molecule has 0 spiro atoms. The number of rotatable bonds is 11. The van der Waals surface area contributed by atoms with E-state index in [1.54, 1.807) is 22.9 Å². The number of fused-ring (bicyclic) bond motifs is 3. The predicted octanol–water partition coefficient (Wildman–Crippen LogP) is 5.99. The molecule has 1 N–H and O–H groups in total. The molecule has 0 atom stereocenters. The molecule has 1 saturated carbocycles. The lowest BCUT2D eigenvalue weighted by molar-refractivity contribution is -0.143. The molecule has 1 aliphatic carbocycles. The first-order valence-electron chi connectivity index (χ1n) is 13.9. The summed E-state index contributed by atoms with van der Waals surface area (Å²) in [5.74, 6) is 0.306. The topological polar surface area (TPSA) is 91.1 Å². The molecule has 0 saturated heterocycles. The number of amides is 2. The SMILES string of the molecule is CSCN1CN(C2CCC(CN(CC(F)(F)F)C(=O)O)CC2)c2c(cnc3c2ccn3COCC[Si](C)(C)C)C1=O. The van der Waals surface area contributed by atoms with Gasteiger partial charge in [0.05, 0.1) is 23.8 Å². The van der Waals surface area contributed by atoms with Crippen molar-refractivity contribution in [3.8, 4) is 0 Å². The van der Waals surface area contributed by atoms with Crippen LogP contribution in [0.4, 0.5) is 23.7 Å². The highest BCUT2D eigenvalue weighted by Crippen LogP contribution is 2.40. The quantitative estimate of drug-likeness (QED) is 0.245. The second-order valence-electron chi connectivity index (χ2n) is 12.2. The number of carbonyl (C=O) groups excluding carboxylic acids is 1. The standard InChI is InChI=1S/C27H40F3N5O4SSi/c1-40-18-34-16-35(20-7-5-19(6-8-20)14-33(26(37)38)15-27(28,29)30)23-21-9-10-32(17-39-11-12-41(2,3)4)24(21)31-13-22(23)25(34)36/h9-10,13,19-20H,5-8,11-12,14-18H2,1-4H3,(H,37,38). The summed E-state index contributed by atoms with van der Waals surface area (Å²) < 4.78 is 46.6. The van der Waals surface area contributed by atoms with Crippen LogP contribution in [0, 0.1) is 5.92 Å². The average Bonchev–Trinajstić information content (AvgIpc) is 3.30. The van der Waals surface area contributed by atoms with Gasteiger partial charge < -0.3 is 24.2 Å². The summed E-state index contributed by atoms with van der Waals surface area (Å²) in [6, 6.07) is 3.09. The largest absolute Gasteiger partial charge is 0.465 e. The third-order valence-electron chi connectivity index (χ3n) is 7.78. The number of hydrogen-bond acceptors (Lipinski definition) is 6. The Hall–Kier alpha value is -2.45. The van der Waals surface area contributed by atoms with Crippen molar-refractivity contribution in [1.82, 2.24) is 19.4 Å². The number of aromatic nitrogens is 2. The minimum Gasteiger partial charge on any atom is -0.465 e. The van der Waals surface area contributed by atoms with Crippen molar-refractivity contribution in [3.05, 3.63) is 24.0 Å². The molecular formula is C27H40F3N5O4SSi. The Kier molecular flexibility index (Phi) is 9.84. The van der Waals surface area contributed by atoms with E-state index in [0.29, 0.717) is 62.0 Å². The fourth-order valence-electron chi connectivity index (χ4n) is 5.66. The van der Waals surface area contributed by atoms with E-state index >= 15 is 0 Å². The molecule has 1 fully saturated rings. The highest BCUT2D eigenvalue weighted by atomic mass is 32.2. The molecule has 1 aliphatic heterocycles. The van der Waals surface area contributed by atoms with E-state index in [2.05, 4.69) is 29.5 Å². The lowest BCUT2D eigenvalue weighted by Crippen LogP contribution is -2.52. The van der Waals surface area contributed by atoms with Crippen LogP contribution in [0.5, 0.6) is 0 Å². The van der Waals surface area contributed by atoms with Gasteiger partial charge >= 0.3 is 12.3 Å². The molecule has 2 amide bonds. The molecule has 9 nitrogen and oxygen atoms in total. The zero-order valence-corrected chi connectivity index (χ0v) is 25.9. The fraction of sp³-hybridized carbons (Fsp3) is 0.667. The van der Waals surface area contributed by atoms with Gasteiger partial charge in [-0.05, 0) is 50.0 Å². The van der Waals surface area contributed by atoms with E-state index in [-0.39, 0.29) is 24.4 Å². The van der Waals surface area contributed by atoms with Gasteiger partial charge in [0.15, 0.2) is 0 Å². The van der Waals surface area contributed by atoms with Crippen molar-refractivity contribution in [3.63, 3.8) is 0 Å². The zero-order valence-electron chi connectivity index (χ0n) is 24.1. The second-order valence-corrected chi connectivity index (χ2v) is 18.7. The minimum atomic E-state index is -4.57.